The van der Waals surface area contributed by atoms with E-state index in [-0.39, 0.29) is 72.1 Å². The van der Waals surface area contributed by atoms with E-state index in [1.165, 1.54) is 28.9 Å². The molecule has 11 aromatic heterocycles. The van der Waals surface area contributed by atoms with Crippen molar-refractivity contribution in [1.29, 1.82) is 0 Å². The summed E-state index contributed by atoms with van der Waals surface area (Å²) in [4.78, 5) is 79.4. The molecule has 3 aliphatic rings. The van der Waals surface area contributed by atoms with Gasteiger partial charge < -0.3 is 25.4 Å². The first-order valence-corrected chi connectivity index (χ1v) is 33.8. The first-order chi connectivity index (χ1) is 51.2. The zero-order valence-electron chi connectivity index (χ0n) is 58.0. The van der Waals surface area contributed by atoms with Crippen LogP contribution in [0.5, 0.6) is 5.88 Å². The van der Waals surface area contributed by atoms with Gasteiger partial charge in [-0.3, -0.25) is 19.5 Å². The summed E-state index contributed by atoms with van der Waals surface area (Å²) in [6, 6.07) is 33.5. The lowest BCUT2D eigenvalue weighted by Crippen LogP contribution is -2.33. The van der Waals surface area contributed by atoms with Crippen LogP contribution in [0.3, 0.4) is 0 Å². The van der Waals surface area contributed by atoms with Gasteiger partial charge in [-0.25, -0.2) is 76.5 Å². The van der Waals surface area contributed by atoms with Crippen LogP contribution < -0.4 is 20.7 Å². The first-order valence-electron chi connectivity index (χ1n) is 33.8. The maximum absolute atomic E-state index is 14.4. The van der Waals surface area contributed by atoms with Crippen molar-refractivity contribution in [2.45, 2.75) is 90.8 Å². The normalized spacial score (nSPS) is 15.1. The minimum Gasteiger partial charge on any atom is -0.478 e. The molecule has 0 radical (unpaired) electrons. The van der Waals surface area contributed by atoms with Crippen molar-refractivity contribution in [2.24, 2.45) is 0 Å². The number of nitrogens with one attached hydrogen (secondary N) is 4. The number of nitrogens with zero attached hydrogens (tertiary/aromatic N) is 18. The molecule has 0 aliphatic carbocycles. The van der Waals surface area contributed by atoms with Gasteiger partial charge in [-0.1, -0.05) is 54.6 Å². The van der Waals surface area contributed by atoms with Crippen molar-refractivity contribution in [3.8, 4) is 63.1 Å². The largest absolute Gasteiger partial charge is 0.478 e. The van der Waals surface area contributed by atoms with Gasteiger partial charge in [0.15, 0.2) is 34.4 Å². The molecule has 106 heavy (non-hydrogen) atoms. The molecule has 27 nitrogen and oxygen atoms in total. The smallest absolute Gasteiger partial charge is 0.237 e. The maximum atomic E-state index is 14.4. The fourth-order valence-corrected chi connectivity index (χ4v) is 12.9. The second-order valence-electron chi connectivity index (χ2n) is 26.3. The lowest BCUT2D eigenvalue weighted by atomic mass is 9.84. The minimum absolute atomic E-state index is 0.0758. The van der Waals surface area contributed by atoms with Crippen LogP contribution in [0, 0.1) is 23.3 Å². The molecule has 532 valence electrons. The SMILES string of the molecule is CC1(C)C(=O)Nc2nc(-c3nn(Cc4ccccc4F)c4ncccc34)nc(-c3ccn[nH]3)c21.CCOCCC1(C)C(=O)Nc2nc(-c3nn(Cc4ccccc4F)c4ncc(F)cc34)nnc21.CCOc1ccc(-c2nc(-c3nn(Cc4ccccc4F)c4ncccc34)nc3c2C(C)(C)C(=O)N3)cn1. The number of aromatic nitrogens is 19. The summed E-state index contributed by atoms with van der Waals surface area (Å²) in [6.07, 6.45) is 8.11. The molecule has 3 aromatic carbocycles. The van der Waals surface area contributed by atoms with E-state index in [9.17, 15) is 31.9 Å². The van der Waals surface area contributed by atoms with Gasteiger partial charge in [0, 0.05) is 77.4 Å². The Balaban J connectivity index is 0.000000128. The molecule has 3 amide bonds. The van der Waals surface area contributed by atoms with E-state index in [1.54, 1.807) is 120 Å². The number of halogens is 4. The molecule has 3 aliphatic heterocycles. The van der Waals surface area contributed by atoms with Crippen molar-refractivity contribution < 1.29 is 41.4 Å². The van der Waals surface area contributed by atoms with Crippen molar-refractivity contribution in [1.82, 2.24) is 94.6 Å². The van der Waals surface area contributed by atoms with Gasteiger partial charge in [0.1, 0.15) is 57.7 Å². The van der Waals surface area contributed by atoms with Crippen LogP contribution in [0.4, 0.5) is 35.0 Å². The average molecular weight is 1430 g/mol. The molecule has 0 fully saturated rings. The van der Waals surface area contributed by atoms with E-state index in [0.717, 1.165) is 11.6 Å². The number of pyridine rings is 4. The van der Waals surface area contributed by atoms with Gasteiger partial charge in [0.2, 0.25) is 29.4 Å². The fraction of sp³-hybridized carbons (Fsp3) is 0.227. The average Bonchev–Trinajstić information content (AvgIpc) is 1.58. The van der Waals surface area contributed by atoms with E-state index in [1.807, 2.05) is 59.7 Å². The lowest BCUT2D eigenvalue weighted by Gasteiger charge is -2.19. The van der Waals surface area contributed by atoms with Crippen LogP contribution >= 0.6 is 0 Å². The monoisotopic (exact) mass is 1430 g/mol. The molecule has 14 aromatic rings. The van der Waals surface area contributed by atoms with Crippen LogP contribution in [-0.4, -0.2) is 132 Å². The highest BCUT2D eigenvalue weighted by Crippen LogP contribution is 2.46. The van der Waals surface area contributed by atoms with Crippen molar-refractivity contribution in [3.05, 3.63) is 209 Å². The summed E-state index contributed by atoms with van der Waals surface area (Å²) in [5.74, 6) is 0.201. The number of benzene rings is 3. The molecule has 1 unspecified atom stereocenters. The van der Waals surface area contributed by atoms with Crippen molar-refractivity contribution in [2.75, 3.05) is 35.8 Å². The highest BCUT2D eigenvalue weighted by molar-refractivity contribution is 6.08. The Hall–Kier alpha value is -13.1. The molecular formula is C75H64F4N22O5. The van der Waals surface area contributed by atoms with Crippen LogP contribution in [0.1, 0.15) is 88.4 Å². The minimum atomic E-state index is -0.928. The van der Waals surface area contributed by atoms with Crippen molar-refractivity contribution in [3.63, 3.8) is 0 Å². The van der Waals surface area contributed by atoms with Gasteiger partial charge in [0.25, 0.3) is 0 Å². The number of aromatic amines is 1. The van der Waals surface area contributed by atoms with Gasteiger partial charge in [-0.05, 0) is 116 Å². The number of hydrogen-bond acceptors (Lipinski definition) is 20. The number of H-pyrrole nitrogens is 1. The van der Waals surface area contributed by atoms with Gasteiger partial charge in [-0.15, -0.1) is 10.2 Å². The van der Waals surface area contributed by atoms with E-state index in [0.29, 0.717) is 151 Å². The highest BCUT2D eigenvalue weighted by Gasteiger charge is 2.47. The van der Waals surface area contributed by atoms with E-state index < -0.39 is 22.1 Å². The summed E-state index contributed by atoms with van der Waals surface area (Å²) >= 11 is 0. The van der Waals surface area contributed by atoms with Crippen molar-refractivity contribution >= 4 is 68.3 Å². The molecule has 0 spiro atoms. The Morgan fingerprint density at radius 1 is 0.472 bits per heavy atom. The zero-order valence-corrected chi connectivity index (χ0v) is 58.0. The van der Waals surface area contributed by atoms with E-state index >= 15 is 0 Å². The van der Waals surface area contributed by atoms with Gasteiger partial charge in [-0.2, -0.15) is 20.4 Å². The topological polar surface area (TPSA) is 330 Å². The molecule has 17 rings (SSSR count). The van der Waals surface area contributed by atoms with Gasteiger partial charge in [0.05, 0.1) is 81.9 Å². The van der Waals surface area contributed by atoms with Crippen LogP contribution in [0.2, 0.25) is 0 Å². The molecule has 0 bridgehead atoms. The lowest BCUT2D eigenvalue weighted by molar-refractivity contribution is -0.121. The molecule has 14 heterocycles. The molecule has 1 atom stereocenters. The summed E-state index contributed by atoms with van der Waals surface area (Å²) in [7, 11) is 0. The third-order valence-electron chi connectivity index (χ3n) is 18.7. The predicted octanol–water partition coefficient (Wildman–Crippen LogP) is 11.7. The van der Waals surface area contributed by atoms with Crippen LogP contribution in [0.25, 0.3) is 90.3 Å². The molecule has 31 heteroatoms. The third kappa shape index (κ3) is 12.6. The number of carbonyl (C=O) groups excluding carboxylic acids is 3. The second kappa shape index (κ2) is 27.6. The number of fused-ring (bicyclic) bond motifs is 6. The number of rotatable bonds is 17. The Morgan fingerprint density at radius 3 is 1.49 bits per heavy atom. The maximum Gasteiger partial charge on any atom is 0.237 e. The third-order valence-corrected chi connectivity index (χ3v) is 18.7. The summed E-state index contributed by atoms with van der Waals surface area (Å²) < 4.78 is 72.7. The molecule has 0 saturated heterocycles. The van der Waals surface area contributed by atoms with E-state index in [2.05, 4.69) is 71.3 Å². The Morgan fingerprint density at radius 2 is 0.981 bits per heavy atom. The van der Waals surface area contributed by atoms with Gasteiger partial charge >= 0.3 is 0 Å². The highest BCUT2D eigenvalue weighted by atomic mass is 19.1. The number of amides is 3. The number of carbonyl (C=O) groups is 3. The molecular weight excluding hydrogens is 1360 g/mol. The standard InChI is InChI=1S/C28H24FN7O2.C24H19FN8O.C23H21F2N7O2/c1-4-38-20-12-11-16(14-31-20)22-21-24(34-27(37)28(21,2)3)33-25(32-22)23-18-9-7-13-30-26(18)36(35-23)15-17-8-5-6-10-19(17)29;1-24(2)17-19(16-9-11-27-31-16)28-21(29-20(17)30-23(24)34)18-14-7-5-10-26-22(14)33(32-18)12-13-6-3-4-8-15(13)25;1-3-34-9-8-23(2)18-20(28-22(23)33)27-19(30-29-18)17-15-10-14(24)11-26-21(15)32(31-17)12-13-6-4-5-7-16(13)25/h5-14H,4,15H2,1-3H3,(H,32,33,34,37);3-11H,12H2,1-2H3,(H,27,31)(H,28,29,30,34);4-7,10-11H,3,8-9,12H2,1-2H3,(H,27,28,30,33). The second-order valence-corrected chi connectivity index (χ2v) is 26.3. The van der Waals surface area contributed by atoms with Crippen LogP contribution in [0.15, 0.2) is 152 Å². The first kappa shape index (κ1) is 68.7. The van der Waals surface area contributed by atoms with Crippen LogP contribution in [-0.2, 0) is 55.0 Å². The number of ether oxygens (including phenoxy) is 2. The number of hydrogen-bond donors (Lipinski definition) is 4. The quantitative estimate of drug-likeness (QED) is 0.0486. The van der Waals surface area contributed by atoms with E-state index in [4.69, 9.17) is 34.6 Å². The fourth-order valence-electron chi connectivity index (χ4n) is 12.9. The Kier molecular flexibility index (Phi) is 17.9. The zero-order chi connectivity index (χ0) is 73.8. The summed E-state index contributed by atoms with van der Waals surface area (Å²) in [5, 5.41) is 39.8. The molecule has 0 saturated carbocycles. The number of anilines is 3. The Labute approximate surface area is 600 Å². The summed E-state index contributed by atoms with van der Waals surface area (Å²) in [5.41, 5.74) is 5.79. The Bertz CT molecular complexity index is 5790. The predicted molar refractivity (Wildman–Crippen MR) is 382 cm³/mol. The summed E-state index contributed by atoms with van der Waals surface area (Å²) in [6.45, 7) is 14.8. The molecule has 4 N–H and O–H groups in total.